The van der Waals surface area contributed by atoms with Gasteiger partial charge in [0.1, 0.15) is 0 Å². The molecule has 0 saturated heterocycles. The molecule has 2 nitrogen and oxygen atoms in total. The molecule has 0 bridgehead atoms. The maximum Gasteiger partial charge on any atom is 0.0726 e. The Morgan fingerprint density at radius 1 is 0.652 bits per heavy atom. The molecule has 1 heterocycles. The third kappa shape index (κ3) is 3.31. The Hall–Kier alpha value is -5.34. The first-order valence-corrected chi connectivity index (χ1v) is 16.6. The van der Waals surface area contributed by atoms with Gasteiger partial charge in [0.15, 0.2) is 0 Å². The molecule has 0 aromatic heterocycles. The second-order valence-corrected chi connectivity index (χ2v) is 13.2. The lowest BCUT2D eigenvalue weighted by atomic mass is 9.70. The fraction of sp³-hybridized carbons (Fsp3) is 0.136. The summed E-state index contributed by atoms with van der Waals surface area (Å²) in [4.78, 5) is 4.93. The van der Waals surface area contributed by atoms with Crippen LogP contribution in [-0.4, -0.2) is 11.9 Å². The predicted octanol–water partition coefficient (Wildman–Crippen LogP) is 10.6. The molecule has 5 aromatic carbocycles. The van der Waals surface area contributed by atoms with Gasteiger partial charge in [-0.2, -0.15) is 0 Å². The van der Waals surface area contributed by atoms with E-state index in [9.17, 15) is 0 Å². The van der Waals surface area contributed by atoms with Gasteiger partial charge in [0.05, 0.1) is 5.41 Å². The summed E-state index contributed by atoms with van der Waals surface area (Å²) in [5.74, 6) is 0.319. The molecular weight excluding hydrogens is 556 g/mol. The molecule has 5 aromatic rings. The largest absolute Gasteiger partial charge is 0.348 e. The van der Waals surface area contributed by atoms with Crippen LogP contribution in [0.4, 0.5) is 11.4 Å². The van der Waals surface area contributed by atoms with Crippen LogP contribution in [0.25, 0.3) is 22.3 Å². The Morgan fingerprint density at radius 3 is 1.96 bits per heavy atom. The molecule has 1 aliphatic heterocycles. The number of rotatable bonds is 3. The van der Waals surface area contributed by atoms with E-state index in [0.29, 0.717) is 5.92 Å². The van der Waals surface area contributed by atoms with Gasteiger partial charge in [0, 0.05) is 47.9 Å². The molecule has 5 aliphatic rings. The molecule has 1 unspecified atom stereocenters. The fourth-order valence-corrected chi connectivity index (χ4v) is 9.08. The van der Waals surface area contributed by atoms with Crippen molar-refractivity contribution in [2.75, 3.05) is 11.9 Å². The number of benzene rings is 5. The monoisotopic (exact) mass is 590 g/mol. The number of hydrogen-bond donors (Lipinski definition) is 0. The lowest BCUT2D eigenvalue weighted by molar-refractivity contribution is 0.489. The van der Waals surface area contributed by atoms with Crippen molar-refractivity contribution in [3.8, 4) is 22.3 Å². The molecule has 0 amide bonds. The molecule has 46 heavy (non-hydrogen) atoms. The van der Waals surface area contributed by atoms with E-state index in [1.54, 1.807) is 0 Å². The second kappa shape index (κ2) is 9.58. The van der Waals surface area contributed by atoms with Crippen LogP contribution in [0.1, 0.15) is 53.0 Å². The number of likely N-dealkylation sites (N-methyl/N-ethyl adjacent to an activating group) is 1. The van der Waals surface area contributed by atoms with Crippen LogP contribution in [0, 0.1) is 0 Å². The highest BCUT2D eigenvalue weighted by molar-refractivity contribution is 5.96. The Morgan fingerprint density at radius 2 is 1.28 bits per heavy atom. The molecule has 0 radical (unpaired) electrons. The zero-order valence-corrected chi connectivity index (χ0v) is 25.9. The summed E-state index contributed by atoms with van der Waals surface area (Å²) in [6, 6.07) is 43.5. The Kier molecular flexibility index (Phi) is 5.40. The lowest BCUT2D eigenvalue weighted by Crippen LogP contribution is -2.26. The summed E-state index contributed by atoms with van der Waals surface area (Å²) < 4.78 is 0. The van der Waals surface area contributed by atoms with Crippen molar-refractivity contribution >= 4 is 11.4 Å². The van der Waals surface area contributed by atoms with Gasteiger partial charge in [-0.1, -0.05) is 109 Å². The van der Waals surface area contributed by atoms with E-state index in [4.69, 9.17) is 0 Å². The van der Waals surface area contributed by atoms with Crippen LogP contribution in [0.2, 0.25) is 0 Å². The molecule has 4 aliphatic carbocycles. The molecule has 2 heteroatoms. The molecule has 1 spiro atoms. The number of nitrogens with zero attached hydrogens (tertiary/aromatic N) is 2. The molecule has 0 saturated carbocycles. The van der Waals surface area contributed by atoms with Crippen molar-refractivity contribution in [1.82, 2.24) is 4.90 Å². The first-order chi connectivity index (χ1) is 22.7. The van der Waals surface area contributed by atoms with Crippen molar-refractivity contribution in [2.45, 2.75) is 30.6 Å². The Labute approximate surface area is 271 Å². The van der Waals surface area contributed by atoms with Crippen LogP contribution in [-0.2, 0) is 5.41 Å². The zero-order valence-electron chi connectivity index (χ0n) is 25.9. The average Bonchev–Trinajstić information content (AvgIpc) is 3.73. The third-order valence-electron chi connectivity index (χ3n) is 11.1. The first-order valence-electron chi connectivity index (χ1n) is 16.6. The minimum Gasteiger partial charge on any atom is -0.348 e. The highest BCUT2D eigenvalue weighted by Crippen LogP contribution is 2.63. The van der Waals surface area contributed by atoms with E-state index < -0.39 is 0 Å². The lowest BCUT2D eigenvalue weighted by Gasteiger charge is -2.33. The van der Waals surface area contributed by atoms with Crippen LogP contribution in [0.3, 0.4) is 0 Å². The van der Waals surface area contributed by atoms with E-state index in [-0.39, 0.29) is 5.41 Å². The van der Waals surface area contributed by atoms with Crippen molar-refractivity contribution < 1.29 is 0 Å². The first kappa shape index (κ1) is 25.9. The summed E-state index contributed by atoms with van der Waals surface area (Å²) in [6.45, 7) is 0. The number of para-hydroxylation sites is 1. The summed E-state index contributed by atoms with van der Waals surface area (Å²) in [6.07, 6.45) is 14.9. The topological polar surface area (TPSA) is 6.48 Å². The fourth-order valence-electron chi connectivity index (χ4n) is 9.08. The van der Waals surface area contributed by atoms with Gasteiger partial charge >= 0.3 is 0 Å². The van der Waals surface area contributed by atoms with Crippen LogP contribution in [0.5, 0.6) is 0 Å². The third-order valence-corrected chi connectivity index (χ3v) is 11.1. The Bertz CT molecular complexity index is 2160. The van der Waals surface area contributed by atoms with Gasteiger partial charge in [-0.3, -0.25) is 0 Å². The summed E-state index contributed by atoms with van der Waals surface area (Å²) in [5, 5.41) is 0. The van der Waals surface area contributed by atoms with E-state index in [2.05, 4.69) is 162 Å². The van der Waals surface area contributed by atoms with E-state index in [0.717, 1.165) is 19.3 Å². The SMILES string of the molecule is CN(C1=CCCC=C1)C1=CC=C2C(C1)c1ccccc1N2c1ccc2c(c1)C1(c3ccccc3-c3ccccc31)c1ccccc1-2. The zero-order chi connectivity index (χ0) is 30.4. The average molecular weight is 591 g/mol. The molecule has 1 atom stereocenters. The van der Waals surface area contributed by atoms with E-state index in [1.165, 1.54) is 78.5 Å². The minimum atomic E-state index is -0.342. The van der Waals surface area contributed by atoms with Gasteiger partial charge in [-0.05, 0) is 99.3 Å². The van der Waals surface area contributed by atoms with Crippen molar-refractivity contribution in [3.05, 3.63) is 191 Å². The van der Waals surface area contributed by atoms with E-state index >= 15 is 0 Å². The summed E-state index contributed by atoms with van der Waals surface area (Å²) in [5.41, 5.74) is 18.5. The van der Waals surface area contributed by atoms with Gasteiger partial charge in [-0.25, -0.2) is 0 Å². The molecular formula is C44H34N2. The standard InChI is InChI=1S/C44H34N2/c1-45(29-13-3-2-4-14-29)30-24-26-43-37(27-30)36-18-8-12-22-42(36)46(43)31-23-25-35-34-17-7-11-21-40(34)44(41(35)28-31)38-19-9-5-15-32(38)33-16-6-10-20-39(33)44/h3,5-26,28,37H,2,4,27H2,1H3. The number of hydrogen-bond acceptors (Lipinski definition) is 2. The number of allylic oxidation sites excluding steroid dienone is 7. The number of anilines is 2. The van der Waals surface area contributed by atoms with Crippen molar-refractivity contribution in [1.29, 1.82) is 0 Å². The van der Waals surface area contributed by atoms with Gasteiger partial charge in [0.25, 0.3) is 0 Å². The predicted molar refractivity (Wildman–Crippen MR) is 189 cm³/mol. The highest BCUT2D eigenvalue weighted by atomic mass is 15.2. The molecule has 10 rings (SSSR count). The van der Waals surface area contributed by atoms with E-state index in [1.807, 2.05) is 0 Å². The molecule has 0 fully saturated rings. The maximum atomic E-state index is 2.54. The quantitative estimate of drug-likeness (QED) is 0.202. The van der Waals surface area contributed by atoms with Crippen LogP contribution >= 0.6 is 0 Å². The smallest absolute Gasteiger partial charge is 0.0726 e. The van der Waals surface area contributed by atoms with Gasteiger partial charge in [0.2, 0.25) is 0 Å². The summed E-state index contributed by atoms with van der Waals surface area (Å²) >= 11 is 0. The van der Waals surface area contributed by atoms with Crippen LogP contribution in [0.15, 0.2) is 163 Å². The van der Waals surface area contributed by atoms with Crippen molar-refractivity contribution in [2.24, 2.45) is 0 Å². The molecule has 220 valence electrons. The minimum absolute atomic E-state index is 0.319. The number of fused-ring (bicyclic) bond motifs is 13. The van der Waals surface area contributed by atoms with Crippen molar-refractivity contribution in [3.63, 3.8) is 0 Å². The van der Waals surface area contributed by atoms with Gasteiger partial charge in [-0.15, -0.1) is 0 Å². The summed E-state index contributed by atoms with van der Waals surface area (Å²) in [7, 11) is 2.22. The second-order valence-electron chi connectivity index (χ2n) is 13.2. The Balaban J connectivity index is 1.17. The van der Waals surface area contributed by atoms with Crippen LogP contribution < -0.4 is 4.90 Å². The maximum absolute atomic E-state index is 2.54. The highest BCUT2D eigenvalue weighted by Gasteiger charge is 2.52. The normalized spacial score (nSPS) is 18.9. The van der Waals surface area contributed by atoms with Gasteiger partial charge < -0.3 is 9.80 Å². The molecule has 0 N–H and O–H groups in total.